The largest absolute Gasteiger partial charge is 0.340 e. The smallest absolute Gasteiger partial charge is 0.225 e. The van der Waals surface area contributed by atoms with Crippen LogP contribution in [0, 0.1) is 5.92 Å². The number of hydrogen-bond donors (Lipinski definition) is 0. The Morgan fingerprint density at radius 1 is 1.04 bits per heavy atom. The van der Waals surface area contributed by atoms with Gasteiger partial charge in [-0.1, -0.05) is 23.7 Å². The number of piperidine rings is 1. The molecule has 0 atom stereocenters. The van der Waals surface area contributed by atoms with Crippen molar-refractivity contribution in [1.82, 2.24) is 14.1 Å². The van der Waals surface area contributed by atoms with E-state index in [0.717, 1.165) is 31.7 Å². The number of amides is 1. The van der Waals surface area contributed by atoms with E-state index in [1.165, 1.54) is 4.31 Å². The molecule has 0 aromatic heterocycles. The molecule has 2 aliphatic heterocycles. The molecule has 144 valence electrons. The number of rotatable bonds is 4. The maximum Gasteiger partial charge on any atom is 0.225 e. The molecule has 0 radical (unpaired) electrons. The molecule has 1 amide bonds. The number of nitrogens with zero attached hydrogens (tertiary/aromatic N) is 3. The molecule has 2 fully saturated rings. The Bertz CT molecular complexity index is 723. The lowest BCUT2D eigenvalue weighted by Crippen LogP contribution is -2.51. The Morgan fingerprint density at radius 3 is 2.19 bits per heavy atom. The van der Waals surface area contributed by atoms with Crippen LogP contribution in [0.3, 0.4) is 0 Å². The van der Waals surface area contributed by atoms with Gasteiger partial charge in [-0.25, -0.2) is 12.7 Å². The average Bonchev–Trinajstić information content (AvgIpc) is 2.64. The molecule has 6 nitrogen and oxygen atoms in total. The zero-order valence-electron chi connectivity index (χ0n) is 15.1. The summed E-state index contributed by atoms with van der Waals surface area (Å²) in [4.78, 5) is 16.8. The lowest BCUT2D eigenvalue weighted by atomic mass is 9.96. The molecular weight excluding hydrogens is 374 g/mol. The second-order valence-corrected chi connectivity index (χ2v) is 9.59. The Hall–Kier alpha value is -1.15. The van der Waals surface area contributed by atoms with Crippen LogP contribution in [0.2, 0.25) is 5.02 Å². The number of sulfonamides is 1. The third-order valence-electron chi connectivity index (χ3n) is 5.27. The van der Waals surface area contributed by atoms with E-state index < -0.39 is 10.0 Å². The van der Waals surface area contributed by atoms with E-state index in [-0.39, 0.29) is 17.6 Å². The van der Waals surface area contributed by atoms with Gasteiger partial charge in [0.05, 0.1) is 5.75 Å². The minimum absolute atomic E-state index is 0.0265. The van der Waals surface area contributed by atoms with Crippen LogP contribution < -0.4 is 0 Å². The van der Waals surface area contributed by atoms with Crippen LogP contribution in [-0.2, 0) is 20.6 Å². The molecule has 0 N–H and O–H groups in total. The maximum absolute atomic E-state index is 12.7. The molecule has 0 aliphatic carbocycles. The highest BCUT2D eigenvalue weighted by Gasteiger charge is 2.33. The van der Waals surface area contributed by atoms with Crippen molar-refractivity contribution in [1.29, 1.82) is 0 Å². The van der Waals surface area contributed by atoms with E-state index in [4.69, 9.17) is 11.6 Å². The molecule has 1 aromatic rings. The molecule has 0 unspecified atom stereocenters. The van der Waals surface area contributed by atoms with Crippen molar-refractivity contribution in [2.75, 3.05) is 46.3 Å². The van der Waals surface area contributed by atoms with Gasteiger partial charge in [-0.3, -0.25) is 4.79 Å². The number of benzene rings is 1. The van der Waals surface area contributed by atoms with Gasteiger partial charge in [0.15, 0.2) is 0 Å². The van der Waals surface area contributed by atoms with Crippen LogP contribution in [0.5, 0.6) is 0 Å². The lowest BCUT2D eigenvalue weighted by Gasteiger charge is -2.37. The van der Waals surface area contributed by atoms with Gasteiger partial charge in [-0.15, -0.1) is 0 Å². The van der Waals surface area contributed by atoms with Crippen LogP contribution in [0.4, 0.5) is 0 Å². The maximum atomic E-state index is 12.7. The number of carbonyl (C=O) groups is 1. The summed E-state index contributed by atoms with van der Waals surface area (Å²) in [5.74, 6) is 0.106. The molecule has 2 saturated heterocycles. The van der Waals surface area contributed by atoms with Gasteiger partial charge in [0, 0.05) is 50.2 Å². The van der Waals surface area contributed by atoms with Crippen LogP contribution in [-0.4, -0.2) is 74.7 Å². The molecule has 26 heavy (non-hydrogen) atoms. The number of piperazine rings is 1. The predicted molar refractivity (Wildman–Crippen MR) is 102 cm³/mol. The van der Waals surface area contributed by atoms with E-state index in [0.29, 0.717) is 31.0 Å². The molecule has 3 rings (SSSR count). The first-order valence-electron chi connectivity index (χ1n) is 9.05. The molecule has 2 heterocycles. The van der Waals surface area contributed by atoms with E-state index in [2.05, 4.69) is 11.9 Å². The predicted octanol–water partition coefficient (Wildman–Crippen LogP) is 1.66. The van der Waals surface area contributed by atoms with Crippen molar-refractivity contribution in [2.24, 2.45) is 5.92 Å². The normalized spacial score (nSPS) is 21.1. The first-order valence-corrected chi connectivity index (χ1v) is 11.0. The van der Waals surface area contributed by atoms with Gasteiger partial charge in [0.25, 0.3) is 0 Å². The zero-order valence-corrected chi connectivity index (χ0v) is 16.7. The number of halogens is 1. The van der Waals surface area contributed by atoms with E-state index >= 15 is 0 Å². The first kappa shape index (κ1) is 19.6. The summed E-state index contributed by atoms with van der Waals surface area (Å²) in [6, 6.07) is 6.88. The fraction of sp³-hybridized carbons (Fsp3) is 0.611. The molecule has 0 spiro atoms. The van der Waals surface area contributed by atoms with Crippen molar-refractivity contribution in [2.45, 2.75) is 18.6 Å². The van der Waals surface area contributed by atoms with E-state index in [1.807, 2.05) is 4.90 Å². The Morgan fingerprint density at radius 2 is 1.62 bits per heavy atom. The number of likely N-dealkylation sites (N-methyl/N-ethyl adjacent to an activating group) is 1. The Labute approximate surface area is 160 Å². The summed E-state index contributed by atoms with van der Waals surface area (Å²) in [5.41, 5.74) is 0.727. The average molecular weight is 400 g/mol. The minimum Gasteiger partial charge on any atom is -0.340 e. The molecule has 1 aromatic carbocycles. The van der Waals surface area contributed by atoms with Crippen molar-refractivity contribution >= 4 is 27.5 Å². The Kier molecular flexibility index (Phi) is 6.22. The van der Waals surface area contributed by atoms with Crippen molar-refractivity contribution in [3.8, 4) is 0 Å². The molecule has 8 heteroatoms. The lowest BCUT2D eigenvalue weighted by molar-refractivity contribution is -0.138. The Balaban J connectivity index is 1.54. The van der Waals surface area contributed by atoms with Crippen LogP contribution in [0.25, 0.3) is 0 Å². The van der Waals surface area contributed by atoms with Crippen molar-refractivity contribution in [3.05, 3.63) is 34.9 Å². The summed E-state index contributed by atoms with van der Waals surface area (Å²) >= 11 is 5.85. The monoisotopic (exact) mass is 399 g/mol. The van der Waals surface area contributed by atoms with Gasteiger partial charge in [0.2, 0.25) is 15.9 Å². The van der Waals surface area contributed by atoms with Gasteiger partial charge in [0.1, 0.15) is 0 Å². The first-order chi connectivity index (χ1) is 12.3. The van der Waals surface area contributed by atoms with Crippen LogP contribution in [0.1, 0.15) is 18.4 Å². The molecule has 0 saturated carbocycles. The fourth-order valence-corrected chi connectivity index (χ4v) is 5.24. The standard InChI is InChI=1S/C18H26ClN3O3S/c1-20-10-12-21(13-11-20)18(23)16-6-8-22(9-7-16)26(24,25)14-15-2-4-17(19)5-3-15/h2-5,16H,6-14H2,1H3. The van der Waals surface area contributed by atoms with E-state index in [1.54, 1.807) is 24.3 Å². The highest BCUT2D eigenvalue weighted by molar-refractivity contribution is 7.88. The molecule has 0 bridgehead atoms. The SMILES string of the molecule is CN1CCN(C(=O)C2CCN(S(=O)(=O)Cc3ccc(Cl)cc3)CC2)CC1. The molecular formula is C18H26ClN3O3S. The third-order valence-corrected chi connectivity index (χ3v) is 7.38. The topological polar surface area (TPSA) is 60.9 Å². The van der Waals surface area contributed by atoms with Crippen molar-refractivity contribution in [3.63, 3.8) is 0 Å². The van der Waals surface area contributed by atoms with Gasteiger partial charge < -0.3 is 9.80 Å². The van der Waals surface area contributed by atoms with E-state index in [9.17, 15) is 13.2 Å². The number of hydrogen-bond acceptors (Lipinski definition) is 4. The summed E-state index contributed by atoms with van der Waals surface area (Å²) < 4.78 is 26.8. The summed E-state index contributed by atoms with van der Waals surface area (Å²) in [6.45, 7) is 4.18. The summed E-state index contributed by atoms with van der Waals surface area (Å²) in [6.07, 6.45) is 1.20. The third kappa shape index (κ3) is 4.76. The zero-order chi connectivity index (χ0) is 18.7. The summed E-state index contributed by atoms with van der Waals surface area (Å²) in [7, 11) is -1.31. The van der Waals surface area contributed by atoms with Gasteiger partial charge in [-0.05, 0) is 37.6 Å². The van der Waals surface area contributed by atoms with Crippen LogP contribution >= 0.6 is 11.6 Å². The summed E-state index contributed by atoms with van der Waals surface area (Å²) in [5, 5.41) is 0.592. The highest BCUT2D eigenvalue weighted by Crippen LogP contribution is 2.24. The fourth-order valence-electron chi connectivity index (χ4n) is 3.55. The quantitative estimate of drug-likeness (QED) is 0.772. The second-order valence-electron chi connectivity index (χ2n) is 7.18. The van der Waals surface area contributed by atoms with Crippen molar-refractivity contribution < 1.29 is 13.2 Å². The molecule has 2 aliphatic rings. The van der Waals surface area contributed by atoms with Gasteiger partial charge in [-0.2, -0.15) is 0 Å². The highest BCUT2D eigenvalue weighted by atomic mass is 35.5. The second kappa shape index (κ2) is 8.25. The minimum atomic E-state index is -3.37. The van der Waals surface area contributed by atoms with Crippen LogP contribution in [0.15, 0.2) is 24.3 Å². The van der Waals surface area contributed by atoms with Gasteiger partial charge >= 0.3 is 0 Å². The number of carbonyl (C=O) groups excluding carboxylic acids is 1.